The van der Waals surface area contributed by atoms with E-state index in [0.29, 0.717) is 0 Å². The van der Waals surface area contributed by atoms with E-state index in [1.807, 2.05) is 0 Å². The first-order chi connectivity index (χ1) is 6.66. The maximum atomic E-state index is 8.35. The summed E-state index contributed by atoms with van der Waals surface area (Å²) in [4.78, 5) is 25.0. The number of nitrogens with one attached hydrogen (secondary N) is 3. The van der Waals surface area contributed by atoms with Gasteiger partial charge in [0.05, 0.1) is 0 Å². The topological polar surface area (TPSA) is 123 Å². The van der Waals surface area contributed by atoms with Crippen LogP contribution in [0.3, 0.4) is 0 Å². The quantitative estimate of drug-likeness (QED) is 0.349. The Hall–Kier alpha value is -1.64. The van der Waals surface area contributed by atoms with Gasteiger partial charge in [0, 0.05) is 10.2 Å². The predicted molar refractivity (Wildman–Crippen MR) is 54.9 cm³/mol. The van der Waals surface area contributed by atoms with E-state index in [-0.39, 0.29) is 0 Å². The molecular formula is C7H15N3O3Si. The zero-order valence-electron chi connectivity index (χ0n) is 8.35. The first kappa shape index (κ1) is 22.8. The lowest BCUT2D eigenvalue weighted by atomic mass is 10.4. The summed E-state index contributed by atoms with van der Waals surface area (Å²) < 4.78 is 0. The molecule has 3 N–H and O–H groups in total. The van der Waals surface area contributed by atoms with Crippen LogP contribution < -0.4 is 0 Å². The van der Waals surface area contributed by atoms with Crippen LogP contribution in [0.25, 0.3) is 0 Å². The second kappa shape index (κ2) is 64.2. The van der Waals surface area contributed by atoms with E-state index in [1.165, 1.54) is 29.1 Å². The Morgan fingerprint density at radius 1 is 1.00 bits per heavy atom. The molecule has 6 nitrogen and oxygen atoms in total. The minimum atomic E-state index is 0.750. The minimum absolute atomic E-state index is 0.750. The predicted octanol–water partition coefficient (Wildman–Crippen LogP) is 0.273. The molecule has 14 heavy (non-hydrogen) atoms. The molecule has 0 rings (SSSR count). The fourth-order valence-corrected chi connectivity index (χ4v) is 1.06. The van der Waals surface area contributed by atoms with Gasteiger partial charge in [-0.3, -0.25) is 0 Å². The average Bonchev–Trinajstić information content (AvgIpc) is 2.09. The number of hydrogen-bond acceptors (Lipinski definition) is 6. The van der Waals surface area contributed by atoms with Crippen molar-refractivity contribution in [3.05, 3.63) is 0 Å². The van der Waals surface area contributed by atoms with E-state index in [2.05, 4.69) is 6.92 Å². The number of carbonyl (C=O) groups excluding carboxylic acids is 3. The van der Waals surface area contributed by atoms with Crippen LogP contribution in [0.15, 0.2) is 0 Å². The van der Waals surface area contributed by atoms with E-state index < -0.39 is 0 Å². The van der Waals surface area contributed by atoms with Crippen molar-refractivity contribution in [3.8, 4) is 0 Å². The van der Waals surface area contributed by atoms with Crippen molar-refractivity contribution in [1.29, 1.82) is 16.2 Å². The van der Waals surface area contributed by atoms with Gasteiger partial charge >= 0.3 is 0 Å². The third-order valence-electron chi connectivity index (χ3n) is 0.707. The molecule has 7 heteroatoms. The van der Waals surface area contributed by atoms with Gasteiger partial charge in [-0.25, -0.2) is 30.6 Å². The van der Waals surface area contributed by atoms with E-state index in [9.17, 15) is 0 Å². The molecular weight excluding hydrogens is 202 g/mol. The van der Waals surface area contributed by atoms with Crippen molar-refractivity contribution in [2.24, 2.45) is 0 Å². The molecule has 0 atom stereocenters. The molecule has 0 saturated carbocycles. The highest BCUT2D eigenvalue weighted by Crippen LogP contribution is 1.86. The fraction of sp³-hybridized carbons (Fsp3) is 0.571. The lowest BCUT2D eigenvalue weighted by molar-refractivity contribution is 0.562. The van der Waals surface area contributed by atoms with E-state index in [1.54, 1.807) is 0 Å². The number of unbranched alkanes of at least 4 members (excludes halogenated alkanes) is 1. The smallest absolute Gasteiger partial charge is 0.222 e. The molecule has 0 saturated heterocycles. The Labute approximate surface area is 85.7 Å². The molecule has 0 heterocycles. The molecule has 0 unspecified atom stereocenters. The summed E-state index contributed by atoms with van der Waals surface area (Å²) in [5.41, 5.74) is 0. The van der Waals surface area contributed by atoms with Crippen molar-refractivity contribution in [3.63, 3.8) is 0 Å². The Morgan fingerprint density at radius 2 is 1.21 bits per heavy atom. The Kier molecular flexibility index (Phi) is 105. The highest BCUT2D eigenvalue weighted by atomic mass is 28.1. The van der Waals surface area contributed by atoms with Gasteiger partial charge in [0.15, 0.2) is 0 Å². The zero-order chi connectivity index (χ0) is 12.2. The molecule has 0 aromatic carbocycles. The van der Waals surface area contributed by atoms with Crippen LogP contribution in [0.2, 0.25) is 6.04 Å². The van der Waals surface area contributed by atoms with E-state index in [4.69, 9.17) is 30.6 Å². The second-order valence-corrected chi connectivity index (χ2v) is 2.66. The molecule has 0 bridgehead atoms. The molecule has 80 valence electrons. The summed E-state index contributed by atoms with van der Waals surface area (Å²) in [7, 11) is 1.40. The molecule has 0 amide bonds. The Bertz CT molecular complexity index is 148. The van der Waals surface area contributed by atoms with Crippen molar-refractivity contribution < 1.29 is 14.4 Å². The molecule has 0 aromatic heterocycles. The first-order valence-electron chi connectivity index (χ1n) is 3.78. The third-order valence-corrected chi connectivity index (χ3v) is 1.41. The van der Waals surface area contributed by atoms with Crippen molar-refractivity contribution in [2.75, 3.05) is 0 Å². The van der Waals surface area contributed by atoms with Gasteiger partial charge in [-0.15, -0.1) is 0 Å². The lowest BCUT2D eigenvalue weighted by Gasteiger charge is -1.79. The normalized spacial score (nSPS) is 4.93. The summed E-state index contributed by atoms with van der Waals surface area (Å²) in [6, 6.07) is 1.48. The Morgan fingerprint density at radius 3 is 1.21 bits per heavy atom. The van der Waals surface area contributed by atoms with Gasteiger partial charge in [0.25, 0.3) is 0 Å². The molecule has 0 aromatic rings. The van der Waals surface area contributed by atoms with Crippen molar-refractivity contribution >= 4 is 28.5 Å². The average molecular weight is 217 g/mol. The molecule has 0 aliphatic heterocycles. The minimum Gasteiger partial charge on any atom is -0.222 e. The largest absolute Gasteiger partial charge is 0.231 e. The van der Waals surface area contributed by atoms with E-state index >= 15 is 0 Å². The summed E-state index contributed by atoms with van der Waals surface area (Å²) in [5, 5.41) is 16.2. The van der Waals surface area contributed by atoms with Gasteiger partial charge in [-0.2, -0.15) is 0 Å². The SMILES string of the molecule is CCCC[SiH3].N=C=O.N=C=O.N=C=O. The highest BCUT2D eigenvalue weighted by Gasteiger charge is 1.68. The van der Waals surface area contributed by atoms with Crippen LogP contribution in [-0.2, 0) is 14.4 Å². The molecule has 0 fully saturated rings. The molecule has 0 aliphatic carbocycles. The van der Waals surface area contributed by atoms with Crippen LogP contribution in [0.1, 0.15) is 19.8 Å². The number of rotatable bonds is 2. The van der Waals surface area contributed by atoms with Crippen LogP contribution in [0.5, 0.6) is 0 Å². The third kappa shape index (κ3) is 7120. The van der Waals surface area contributed by atoms with Gasteiger partial charge < -0.3 is 0 Å². The van der Waals surface area contributed by atoms with Gasteiger partial charge in [-0.1, -0.05) is 25.8 Å². The molecule has 0 radical (unpaired) electrons. The molecule has 0 aliphatic rings. The second-order valence-electron chi connectivity index (χ2n) is 1.66. The maximum Gasteiger partial charge on any atom is 0.231 e. The lowest BCUT2D eigenvalue weighted by Crippen LogP contribution is -1.63. The standard InChI is InChI=1S/C4H12Si.3CHNO/c1-2-3-4-5;3*2-1-3/h2-4H2,1,5H3;3*2H. The van der Waals surface area contributed by atoms with Crippen LogP contribution in [0.4, 0.5) is 0 Å². The Balaban J connectivity index is -0.0000000495. The monoisotopic (exact) mass is 217 g/mol. The summed E-state index contributed by atoms with van der Waals surface area (Å²) in [6.45, 7) is 2.23. The van der Waals surface area contributed by atoms with Crippen molar-refractivity contribution in [2.45, 2.75) is 25.8 Å². The summed E-state index contributed by atoms with van der Waals surface area (Å²) in [6.07, 6.45) is 5.08. The number of isocyanates is 3. The summed E-state index contributed by atoms with van der Waals surface area (Å²) in [5.74, 6) is 0. The maximum absolute atomic E-state index is 8.35. The van der Waals surface area contributed by atoms with Crippen molar-refractivity contribution in [1.82, 2.24) is 0 Å². The zero-order valence-corrected chi connectivity index (χ0v) is 10.3. The van der Waals surface area contributed by atoms with Gasteiger partial charge in [-0.05, 0) is 0 Å². The first-order valence-corrected chi connectivity index (χ1v) is 5.19. The van der Waals surface area contributed by atoms with Gasteiger partial charge in [0.1, 0.15) is 0 Å². The van der Waals surface area contributed by atoms with Gasteiger partial charge in [0.2, 0.25) is 18.2 Å². The number of hydrogen-bond donors (Lipinski definition) is 3. The molecule has 0 spiro atoms. The van der Waals surface area contributed by atoms with E-state index in [0.717, 1.165) is 18.2 Å². The van der Waals surface area contributed by atoms with Crippen LogP contribution >= 0.6 is 0 Å². The fourth-order valence-electron chi connectivity index (χ4n) is 0.354. The highest BCUT2D eigenvalue weighted by molar-refractivity contribution is 6.08. The van der Waals surface area contributed by atoms with Crippen LogP contribution in [-0.4, -0.2) is 28.5 Å². The summed E-state index contributed by atoms with van der Waals surface area (Å²) >= 11 is 0. The van der Waals surface area contributed by atoms with Crippen LogP contribution in [0, 0.1) is 16.2 Å².